The summed E-state index contributed by atoms with van der Waals surface area (Å²) in [5, 5.41) is 19.3. The van der Waals surface area contributed by atoms with Crippen LogP contribution in [-0.2, 0) is 22.6 Å². The number of rotatable bonds is 6. The Kier molecular flexibility index (Phi) is 5.14. The summed E-state index contributed by atoms with van der Waals surface area (Å²) in [5.74, 6) is -1.28. The molecule has 0 fully saturated rings. The van der Waals surface area contributed by atoms with E-state index in [-0.39, 0.29) is 30.8 Å². The Hall–Kier alpha value is -2.54. The Balaban J connectivity index is 2.37. The minimum absolute atomic E-state index is 0.118. The van der Waals surface area contributed by atoms with E-state index in [1.165, 1.54) is 7.11 Å². The van der Waals surface area contributed by atoms with Gasteiger partial charge in [-0.1, -0.05) is 11.6 Å². The van der Waals surface area contributed by atoms with Crippen molar-refractivity contribution in [3.8, 4) is 11.5 Å². The van der Waals surface area contributed by atoms with Gasteiger partial charge >= 0.3 is 11.9 Å². The van der Waals surface area contributed by atoms with E-state index in [1.807, 2.05) is 0 Å². The average Bonchev–Trinajstić information content (AvgIpc) is 2.91. The van der Waals surface area contributed by atoms with Crippen molar-refractivity contribution in [1.82, 2.24) is 0 Å². The number of carbonyl (C=O) groups excluding carboxylic acids is 1. The van der Waals surface area contributed by atoms with Gasteiger partial charge in [-0.2, -0.15) is 0 Å². The zero-order chi connectivity index (χ0) is 18.0. The number of hydrogen-bond donors (Lipinski definition) is 3. The van der Waals surface area contributed by atoms with E-state index in [1.54, 1.807) is 19.9 Å². The van der Waals surface area contributed by atoms with Gasteiger partial charge in [0.25, 0.3) is 0 Å². The number of esters is 1. The smallest absolute Gasteiger partial charge is 0.342 e. The Morgan fingerprint density at radius 3 is 2.75 bits per heavy atom. The van der Waals surface area contributed by atoms with E-state index in [2.05, 4.69) is 0 Å². The van der Waals surface area contributed by atoms with E-state index in [0.717, 1.165) is 11.1 Å². The van der Waals surface area contributed by atoms with Crippen molar-refractivity contribution in [2.45, 2.75) is 39.3 Å². The molecular formula is C17H21NO6. The lowest BCUT2D eigenvalue weighted by molar-refractivity contribution is -0.138. The monoisotopic (exact) mass is 335 g/mol. The predicted molar refractivity (Wildman–Crippen MR) is 86.2 cm³/mol. The molecule has 0 spiro atoms. The molecule has 1 aromatic carbocycles. The molecule has 24 heavy (non-hydrogen) atoms. The zero-order valence-electron chi connectivity index (χ0n) is 13.9. The number of hydrogen-bond acceptors (Lipinski definition) is 6. The number of carbonyl (C=O) groups is 2. The molecule has 7 nitrogen and oxygen atoms in total. The van der Waals surface area contributed by atoms with Gasteiger partial charge in [-0.25, -0.2) is 4.79 Å². The first-order chi connectivity index (χ1) is 11.3. The Morgan fingerprint density at radius 2 is 2.17 bits per heavy atom. The lowest BCUT2D eigenvalue weighted by Gasteiger charge is -2.16. The molecule has 1 atom stereocenters. The van der Waals surface area contributed by atoms with Crippen LogP contribution in [0, 0.1) is 6.92 Å². The molecule has 130 valence electrons. The molecular weight excluding hydrogens is 314 g/mol. The number of methoxy groups -OCH3 is 1. The third-order valence-electron chi connectivity index (χ3n) is 4.16. The van der Waals surface area contributed by atoms with Crippen LogP contribution >= 0.6 is 0 Å². The van der Waals surface area contributed by atoms with Crippen molar-refractivity contribution in [3.63, 3.8) is 0 Å². The molecule has 1 aliphatic heterocycles. The summed E-state index contributed by atoms with van der Waals surface area (Å²) in [4.78, 5) is 22.6. The molecule has 1 unspecified atom stereocenters. The van der Waals surface area contributed by atoms with E-state index >= 15 is 0 Å². The minimum Gasteiger partial charge on any atom is -0.507 e. The second kappa shape index (κ2) is 6.92. The van der Waals surface area contributed by atoms with Crippen molar-refractivity contribution < 1.29 is 29.3 Å². The third-order valence-corrected chi connectivity index (χ3v) is 4.16. The number of nitrogens with two attached hydrogens (primary N) is 1. The summed E-state index contributed by atoms with van der Waals surface area (Å²) >= 11 is 0. The van der Waals surface area contributed by atoms with Crippen molar-refractivity contribution >= 4 is 11.9 Å². The number of aliphatic carboxylic acids is 1. The number of phenols is 1. The molecule has 1 aromatic rings. The highest BCUT2D eigenvalue weighted by Crippen LogP contribution is 2.41. The lowest BCUT2D eigenvalue weighted by atomic mass is 9.94. The summed E-state index contributed by atoms with van der Waals surface area (Å²) in [6.45, 7) is 3.69. The number of phenolic OH excluding ortho intramolecular Hbond substituents is 1. The van der Waals surface area contributed by atoms with Gasteiger partial charge in [0.15, 0.2) is 0 Å². The summed E-state index contributed by atoms with van der Waals surface area (Å²) in [7, 11) is 1.49. The molecule has 4 N–H and O–H groups in total. The number of allylic oxidation sites excluding steroid dienone is 1. The molecule has 0 aliphatic carbocycles. The fourth-order valence-corrected chi connectivity index (χ4v) is 2.82. The maximum absolute atomic E-state index is 11.8. The van der Waals surface area contributed by atoms with Gasteiger partial charge in [0.1, 0.15) is 29.7 Å². The molecule has 7 heteroatoms. The molecule has 0 amide bonds. The Labute approximate surface area is 139 Å². The summed E-state index contributed by atoms with van der Waals surface area (Å²) in [6, 6.07) is -0.978. The van der Waals surface area contributed by atoms with E-state index in [4.69, 9.17) is 20.3 Å². The molecule has 2 rings (SSSR count). The van der Waals surface area contributed by atoms with Crippen LogP contribution in [0.15, 0.2) is 11.6 Å². The van der Waals surface area contributed by atoms with Gasteiger partial charge in [0.2, 0.25) is 0 Å². The molecule has 0 saturated carbocycles. The van der Waals surface area contributed by atoms with Crippen LogP contribution in [0.2, 0.25) is 0 Å². The number of carboxylic acid groups (broad SMARTS) is 1. The fourth-order valence-electron chi connectivity index (χ4n) is 2.82. The first kappa shape index (κ1) is 17.8. The van der Waals surface area contributed by atoms with E-state index in [0.29, 0.717) is 16.9 Å². The van der Waals surface area contributed by atoms with Crippen molar-refractivity contribution in [2.75, 3.05) is 7.11 Å². The number of carboxylic acids is 1. The van der Waals surface area contributed by atoms with Gasteiger partial charge in [0, 0.05) is 11.1 Å². The van der Waals surface area contributed by atoms with Gasteiger partial charge in [-0.3, -0.25) is 4.79 Å². The molecule has 1 heterocycles. The zero-order valence-corrected chi connectivity index (χ0v) is 13.9. The Bertz CT molecular complexity index is 723. The number of benzene rings is 1. The van der Waals surface area contributed by atoms with Gasteiger partial charge in [-0.15, -0.1) is 0 Å². The standard InChI is InChI=1S/C17H21NO6/c1-8(6-12(18)16(20)21)4-5-10-14(19)13-11(7-24-17(13)22)9(2)15(10)23-3/h4,12,19H,5-7,18H2,1-3H3,(H,20,21)/b8-4+. The first-order valence-electron chi connectivity index (χ1n) is 7.50. The van der Waals surface area contributed by atoms with Crippen LogP contribution in [0.5, 0.6) is 11.5 Å². The van der Waals surface area contributed by atoms with Crippen LogP contribution < -0.4 is 10.5 Å². The summed E-state index contributed by atoms with van der Waals surface area (Å²) < 4.78 is 10.4. The van der Waals surface area contributed by atoms with Crippen LogP contribution in [0.3, 0.4) is 0 Å². The van der Waals surface area contributed by atoms with Crippen LogP contribution in [0.25, 0.3) is 0 Å². The normalized spacial score (nSPS) is 15.0. The minimum atomic E-state index is -1.07. The van der Waals surface area contributed by atoms with E-state index < -0.39 is 18.0 Å². The highest BCUT2D eigenvalue weighted by molar-refractivity contribution is 5.98. The third kappa shape index (κ3) is 3.21. The van der Waals surface area contributed by atoms with Crippen molar-refractivity contribution in [3.05, 3.63) is 33.9 Å². The quantitative estimate of drug-likeness (QED) is 0.534. The number of ether oxygens (including phenoxy) is 2. The maximum atomic E-state index is 11.8. The highest BCUT2D eigenvalue weighted by atomic mass is 16.5. The van der Waals surface area contributed by atoms with Crippen LogP contribution in [0.4, 0.5) is 0 Å². The fraction of sp³-hybridized carbons (Fsp3) is 0.412. The molecule has 0 radical (unpaired) electrons. The largest absolute Gasteiger partial charge is 0.507 e. The lowest BCUT2D eigenvalue weighted by Crippen LogP contribution is -2.30. The van der Waals surface area contributed by atoms with Gasteiger partial charge in [-0.05, 0) is 32.3 Å². The molecule has 0 bridgehead atoms. The SMILES string of the molecule is COc1c(C)c2c(c(O)c1C/C=C(\C)CC(N)C(=O)O)C(=O)OC2. The number of aromatic hydroxyl groups is 1. The highest BCUT2D eigenvalue weighted by Gasteiger charge is 2.31. The van der Waals surface area contributed by atoms with Gasteiger partial charge < -0.3 is 25.4 Å². The molecule has 1 aliphatic rings. The topological polar surface area (TPSA) is 119 Å². The maximum Gasteiger partial charge on any atom is 0.342 e. The second-order valence-corrected chi connectivity index (χ2v) is 5.82. The van der Waals surface area contributed by atoms with E-state index in [9.17, 15) is 14.7 Å². The molecule has 0 aromatic heterocycles. The van der Waals surface area contributed by atoms with Crippen LogP contribution in [-0.4, -0.2) is 35.3 Å². The average molecular weight is 335 g/mol. The predicted octanol–water partition coefficient (Wildman–Crippen LogP) is 1.67. The number of fused-ring (bicyclic) bond motifs is 1. The Morgan fingerprint density at radius 1 is 1.50 bits per heavy atom. The first-order valence-corrected chi connectivity index (χ1v) is 7.50. The number of cyclic esters (lactones) is 1. The van der Waals surface area contributed by atoms with Crippen LogP contribution in [0.1, 0.15) is 40.4 Å². The van der Waals surface area contributed by atoms with Crippen molar-refractivity contribution in [1.29, 1.82) is 0 Å². The molecule has 0 saturated heterocycles. The summed E-state index contributed by atoms with van der Waals surface area (Å²) in [5.41, 5.74) is 8.31. The van der Waals surface area contributed by atoms with Crippen molar-refractivity contribution in [2.24, 2.45) is 5.73 Å². The summed E-state index contributed by atoms with van der Waals surface area (Å²) in [6.07, 6.45) is 2.26. The second-order valence-electron chi connectivity index (χ2n) is 5.82. The van der Waals surface area contributed by atoms with Gasteiger partial charge in [0.05, 0.1) is 7.11 Å².